The average Bonchev–Trinajstić information content (AvgIpc) is 2.96. The molecular formula is C14H14BrN3OS. The van der Waals surface area contributed by atoms with Crippen molar-refractivity contribution < 1.29 is 0 Å². The second-order valence-electron chi connectivity index (χ2n) is 4.73. The maximum Gasteiger partial charge on any atom is 0.323 e. The molecule has 0 saturated carbocycles. The Labute approximate surface area is 128 Å². The first-order valence-corrected chi connectivity index (χ1v) is 7.95. The van der Waals surface area contributed by atoms with Crippen molar-refractivity contribution in [2.75, 3.05) is 7.05 Å². The van der Waals surface area contributed by atoms with Gasteiger partial charge in [0.05, 0.1) is 17.1 Å². The van der Waals surface area contributed by atoms with Gasteiger partial charge in [-0.3, -0.25) is 0 Å². The van der Waals surface area contributed by atoms with E-state index in [-0.39, 0.29) is 11.7 Å². The molecular weight excluding hydrogens is 338 g/mol. The molecule has 0 aliphatic carbocycles. The molecule has 1 aromatic carbocycles. The quantitative estimate of drug-likeness (QED) is 0.677. The molecule has 6 heteroatoms. The Morgan fingerprint density at radius 3 is 2.50 bits per heavy atom. The van der Waals surface area contributed by atoms with Gasteiger partial charge >= 0.3 is 5.69 Å². The lowest BCUT2D eigenvalue weighted by Gasteiger charge is -2.18. The smallest absolute Gasteiger partial charge is 0.309 e. The Bertz CT molecular complexity index is 817. The predicted octanol–water partition coefficient (Wildman–Crippen LogP) is 3.30. The minimum Gasteiger partial charge on any atom is -0.309 e. The highest BCUT2D eigenvalue weighted by Gasteiger charge is 2.18. The summed E-state index contributed by atoms with van der Waals surface area (Å²) in [5.74, 6) is 0. The number of benzene rings is 1. The van der Waals surface area contributed by atoms with Crippen LogP contribution in [0, 0.1) is 6.92 Å². The number of halogens is 1. The van der Waals surface area contributed by atoms with Gasteiger partial charge in [-0.05, 0) is 53.6 Å². The number of aryl methyl sites for hydroxylation is 1. The summed E-state index contributed by atoms with van der Waals surface area (Å²) in [6, 6.07) is 4.04. The summed E-state index contributed by atoms with van der Waals surface area (Å²) in [5, 5.41) is 7.65. The van der Waals surface area contributed by atoms with Crippen LogP contribution < -0.4 is 11.0 Å². The van der Waals surface area contributed by atoms with E-state index in [1.165, 1.54) is 11.1 Å². The van der Waals surface area contributed by atoms with E-state index in [2.05, 4.69) is 48.9 Å². The molecule has 1 atom stereocenters. The molecule has 0 radical (unpaired) electrons. The van der Waals surface area contributed by atoms with Gasteiger partial charge in [-0.2, -0.15) is 11.3 Å². The molecule has 0 aliphatic heterocycles. The van der Waals surface area contributed by atoms with Crippen molar-refractivity contribution in [1.29, 1.82) is 0 Å². The van der Waals surface area contributed by atoms with Crippen LogP contribution in [0.4, 0.5) is 0 Å². The lowest BCUT2D eigenvalue weighted by atomic mass is 9.98. The van der Waals surface area contributed by atoms with Gasteiger partial charge < -0.3 is 15.3 Å². The van der Waals surface area contributed by atoms with Crippen molar-refractivity contribution in [3.63, 3.8) is 0 Å². The van der Waals surface area contributed by atoms with Crippen LogP contribution in [0.2, 0.25) is 0 Å². The molecule has 20 heavy (non-hydrogen) atoms. The van der Waals surface area contributed by atoms with Crippen molar-refractivity contribution in [2.24, 2.45) is 0 Å². The third-order valence-electron chi connectivity index (χ3n) is 3.44. The Morgan fingerprint density at radius 1 is 1.20 bits per heavy atom. The monoisotopic (exact) mass is 351 g/mol. The first-order valence-electron chi connectivity index (χ1n) is 6.21. The van der Waals surface area contributed by atoms with Gasteiger partial charge in [0.25, 0.3) is 0 Å². The number of fused-ring (bicyclic) bond motifs is 1. The number of hydrogen-bond acceptors (Lipinski definition) is 3. The van der Waals surface area contributed by atoms with Crippen LogP contribution in [0.15, 0.2) is 32.2 Å². The molecule has 104 valence electrons. The highest BCUT2D eigenvalue weighted by atomic mass is 79.9. The fraction of sp³-hybridized carbons (Fsp3) is 0.214. The number of H-pyrrole nitrogens is 2. The molecule has 0 fully saturated rings. The average molecular weight is 352 g/mol. The largest absolute Gasteiger partial charge is 0.323 e. The molecule has 2 aromatic heterocycles. The van der Waals surface area contributed by atoms with Crippen LogP contribution in [-0.4, -0.2) is 17.0 Å². The van der Waals surface area contributed by atoms with Crippen molar-refractivity contribution >= 4 is 38.3 Å². The van der Waals surface area contributed by atoms with Crippen LogP contribution in [0.25, 0.3) is 11.0 Å². The van der Waals surface area contributed by atoms with Crippen molar-refractivity contribution in [3.05, 3.63) is 54.5 Å². The molecule has 2 heterocycles. The summed E-state index contributed by atoms with van der Waals surface area (Å²) >= 11 is 5.30. The number of imidazole rings is 1. The third-order valence-corrected chi connectivity index (χ3v) is 5.01. The maximum atomic E-state index is 11.4. The summed E-state index contributed by atoms with van der Waals surface area (Å²) < 4.78 is 0.977. The Kier molecular flexibility index (Phi) is 3.54. The molecule has 3 N–H and O–H groups in total. The van der Waals surface area contributed by atoms with E-state index >= 15 is 0 Å². The van der Waals surface area contributed by atoms with Crippen LogP contribution in [0.1, 0.15) is 22.7 Å². The summed E-state index contributed by atoms with van der Waals surface area (Å²) in [6.07, 6.45) is 0. The molecule has 0 aliphatic rings. The summed E-state index contributed by atoms with van der Waals surface area (Å²) in [6.45, 7) is 2.11. The molecule has 3 aromatic rings. The van der Waals surface area contributed by atoms with Gasteiger partial charge in [-0.1, -0.05) is 15.9 Å². The normalized spacial score (nSPS) is 12.9. The molecule has 1 unspecified atom stereocenters. The van der Waals surface area contributed by atoms with Crippen molar-refractivity contribution in [1.82, 2.24) is 15.3 Å². The Hall–Kier alpha value is -1.37. The first kappa shape index (κ1) is 13.6. The minimum atomic E-state index is -0.184. The Balaban J connectivity index is 2.18. The fourth-order valence-electron chi connectivity index (χ4n) is 2.44. The second kappa shape index (κ2) is 5.20. The molecule has 0 bridgehead atoms. The van der Waals surface area contributed by atoms with Gasteiger partial charge in [0.15, 0.2) is 0 Å². The zero-order chi connectivity index (χ0) is 14.3. The third kappa shape index (κ3) is 2.24. The van der Waals surface area contributed by atoms with Gasteiger partial charge in [-0.25, -0.2) is 4.79 Å². The van der Waals surface area contributed by atoms with E-state index in [0.717, 1.165) is 21.1 Å². The van der Waals surface area contributed by atoms with Gasteiger partial charge in [0.1, 0.15) is 0 Å². The van der Waals surface area contributed by atoms with Crippen LogP contribution in [0.3, 0.4) is 0 Å². The van der Waals surface area contributed by atoms with E-state index in [4.69, 9.17) is 0 Å². The minimum absolute atomic E-state index is 0.0958. The standard InChI is InChI=1S/C14H14BrN3OS/c1-7-5-20-6-9(7)13(16-2)8-3-11-12(4-10(8)15)18-14(19)17-11/h3-6,13,16H,1-2H3,(H2,17,18,19). The number of rotatable bonds is 3. The zero-order valence-corrected chi connectivity index (χ0v) is 13.5. The second-order valence-corrected chi connectivity index (χ2v) is 6.33. The molecule has 0 saturated heterocycles. The van der Waals surface area contributed by atoms with Crippen LogP contribution >= 0.6 is 27.3 Å². The fourth-order valence-corrected chi connectivity index (χ4v) is 3.89. The van der Waals surface area contributed by atoms with E-state index in [1.54, 1.807) is 11.3 Å². The highest BCUT2D eigenvalue weighted by Crippen LogP contribution is 2.33. The van der Waals surface area contributed by atoms with Gasteiger partial charge in [-0.15, -0.1) is 0 Å². The van der Waals surface area contributed by atoms with Crippen LogP contribution in [0.5, 0.6) is 0 Å². The maximum absolute atomic E-state index is 11.4. The number of hydrogen-bond donors (Lipinski definition) is 3. The Morgan fingerprint density at radius 2 is 1.90 bits per heavy atom. The van der Waals surface area contributed by atoms with Crippen molar-refractivity contribution in [3.8, 4) is 0 Å². The highest BCUT2D eigenvalue weighted by molar-refractivity contribution is 9.10. The van der Waals surface area contributed by atoms with Gasteiger partial charge in [0.2, 0.25) is 0 Å². The topological polar surface area (TPSA) is 60.7 Å². The predicted molar refractivity (Wildman–Crippen MR) is 86.6 cm³/mol. The van der Waals surface area contributed by atoms with E-state index in [9.17, 15) is 4.79 Å². The van der Waals surface area contributed by atoms with Crippen LogP contribution in [-0.2, 0) is 0 Å². The summed E-state index contributed by atoms with van der Waals surface area (Å²) in [7, 11) is 1.94. The number of aromatic nitrogens is 2. The summed E-state index contributed by atoms with van der Waals surface area (Å²) in [5.41, 5.74) is 5.08. The molecule has 4 nitrogen and oxygen atoms in total. The number of nitrogens with one attached hydrogen (secondary N) is 3. The van der Waals surface area contributed by atoms with E-state index in [1.807, 2.05) is 19.2 Å². The zero-order valence-electron chi connectivity index (χ0n) is 11.1. The SMILES string of the molecule is CNC(c1cscc1C)c1cc2[nH]c(=O)[nH]c2cc1Br. The lowest BCUT2D eigenvalue weighted by molar-refractivity contribution is 0.688. The number of aromatic amines is 2. The number of thiophene rings is 1. The molecule has 0 amide bonds. The first-order chi connectivity index (χ1) is 9.60. The van der Waals surface area contributed by atoms with Crippen molar-refractivity contribution in [2.45, 2.75) is 13.0 Å². The molecule has 3 rings (SSSR count). The summed E-state index contributed by atoms with van der Waals surface area (Å²) in [4.78, 5) is 17.0. The molecule has 0 spiro atoms. The lowest BCUT2D eigenvalue weighted by Crippen LogP contribution is -2.18. The van der Waals surface area contributed by atoms with E-state index in [0.29, 0.717) is 0 Å². The van der Waals surface area contributed by atoms with E-state index < -0.39 is 0 Å². The van der Waals surface area contributed by atoms with Gasteiger partial charge in [0, 0.05) is 4.47 Å².